The molecule has 0 amide bonds. The largest absolute Gasteiger partial charge is 0.489 e. The summed E-state index contributed by atoms with van der Waals surface area (Å²) < 4.78 is 39.0. The number of halogens is 1. The molecular formula is C14H21ClN2O4S. The Morgan fingerprint density at radius 3 is 2.73 bits per heavy atom. The monoisotopic (exact) mass is 348 g/mol. The highest BCUT2D eigenvalue weighted by Crippen LogP contribution is 2.32. The predicted molar refractivity (Wildman–Crippen MR) is 86.7 cm³/mol. The molecule has 0 atom stereocenters. The normalized spacial score (nSPS) is 15.1. The first kappa shape index (κ1) is 17.3. The third-order valence-corrected chi connectivity index (χ3v) is 5.03. The van der Waals surface area contributed by atoms with Gasteiger partial charge in [-0.2, -0.15) is 12.7 Å². The van der Waals surface area contributed by atoms with Crippen molar-refractivity contribution in [3.8, 4) is 5.75 Å². The third kappa shape index (κ3) is 5.01. The summed E-state index contributed by atoms with van der Waals surface area (Å²) in [5.74, 6) is 0.892. The molecule has 1 aliphatic carbocycles. The summed E-state index contributed by atoms with van der Waals surface area (Å²) in [5, 5.41) is 0.432. The molecule has 8 heteroatoms. The molecule has 0 saturated heterocycles. The molecule has 22 heavy (non-hydrogen) atoms. The number of hydrogen-bond donors (Lipinski definition) is 1. The van der Waals surface area contributed by atoms with E-state index in [1.165, 1.54) is 10.4 Å². The molecule has 0 radical (unpaired) electrons. The minimum atomic E-state index is -3.62. The van der Waals surface area contributed by atoms with Crippen LogP contribution in [0.15, 0.2) is 18.2 Å². The van der Waals surface area contributed by atoms with E-state index in [-0.39, 0.29) is 0 Å². The highest BCUT2D eigenvalue weighted by atomic mass is 35.5. The average Bonchev–Trinajstić information content (AvgIpc) is 3.25. The second-order valence-electron chi connectivity index (χ2n) is 5.31. The molecule has 124 valence electrons. The van der Waals surface area contributed by atoms with Gasteiger partial charge in [0.25, 0.3) is 0 Å². The smallest absolute Gasteiger partial charge is 0.301 e. The van der Waals surface area contributed by atoms with Gasteiger partial charge in [0.1, 0.15) is 12.4 Å². The van der Waals surface area contributed by atoms with Crippen molar-refractivity contribution in [3.05, 3.63) is 23.2 Å². The van der Waals surface area contributed by atoms with Crippen LogP contribution in [0.5, 0.6) is 5.75 Å². The number of anilines is 1. The first-order valence-corrected chi connectivity index (χ1v) is 8.89. The van der Waals surface area contributed by atoms with Crippen LogP contribution < -0.4 is 9.46 Å². The van der Waals surface area contributed by atoms with E-state index in [1.54, 1.807) is 26.3 Å². The highest BCUT2D eigenvalue weighted by Gasteiger charge is 2.28. The van der Waals surface area contributed by atoms with Gasteiger partial charge in [-0.15, -0.1) is 0 Å². The third-order valence-electron chi connectivity index (χ3n) is 3.35. The molecular weight excluding hydrogens is 328 g/mol. The van der Waals surface area contributed by atoms with E-state index in [9.17, 15) is 8.42 Å². The Morgan fingerprint density at radius 1 is 1.36 bits per heavy atom. The molecule has 1 aromatic carbocycles. The predicted octanol–water partition coefficient (Wildman–Crippen LogP) is 2.36. The van der Waals surface area contributed by atoms with Crippen LogP contribution in [0, 0.1) is 5.92 Å². The number of methoxy groups -OCH3 is 1. The number of nitrogens with zero attached hydrogens (tertiary/aromatic N) is 1. The molecule has 1 aliphatic rings. The maximum Gasteiger partial charge on any atom is 0.301 e. The molecule has 0 aromatic heterocycles. The standard InChI is InChI=1S/C14H21ClN2O4S/c1-17(10-11-3-4-11)22(18,19)16-13-9-12(15)5-6-14(13)21-8-7-20-2/h5-6,9,11,16H,3-4,7-8,10H2,1-2H3. The lowest BCUT2D eigenvalue weighted by molar-refractivity contribution is 0.146. The topological polar surface area (TPSA) is 67.9 Å². The van der Waals surface area contributed by atoms with Crippen LogP contribution in [0.1, 0.15) is 12.8 Å². The Balaban J connectivity index is 2.10. The van der Waals surface area contributed by atoms with Crippen molar-refractivity contribution in [1.29, 1.82) is 0 Å². The summed E-state index contributed by atoms with van der Waals surface area (Å²) in [7, 11) is -0.488. The van der Waals surface area contributed by atoms with Crippen molar-refractivity contribution in [2.24, 2.45) is 5.92 Å². The van der Waals surface area contributed by atoms with Gasteiger partial charge in [0.15, 0.2) is 0 Å². The minimum absolute atomic E-state index is 0.324. The SMILES string of the molecule is COCCOc1ccc(Cl)cc1NS(=O)(=O)N(C)CC1CC1. The van der Waals surface area contributed by atoms with Gasteiger partial charge in [-0.25, -0.2) is 0 Å². The van der Waals surface area contributed by atoms with Gasteiger partial charge < -0.3 is 9.47 Å². The van der Waals surface area contributed by atoms with Gasteiger partial charge >= 0.3 is 10.2 Å². The van der Waals surface area contributed by atoms with Crippen LogP contribution in [0.3, 0.4) is 0 Å². The van der Waals surface area contributed by atoms with Crippen LogP contribution in [0.2, 0.25) is 5.02 Å². The zero-order valence-corrected chi connectivity index (χ0v) is 14.3. The summed E-state index contributed by atoms with van der Waals surface area (Å²) in [6, 6.07) is 4.82. The first-order valence-electron chi connectivity index (χ1n) is 7.07. The molecule has 1 fully saturated rings. The summed E-state index contributed by atoms with van der Waals surface area (Å²) in [6.45, 7) is 1.26. The second-order valence-corrected chi connectivity index (χ2v) is 7.53. The van der Waals surface area contributed by atoms with Crippen molar-refractivity contribution >= 4 is 27.5 Å². The van der Waals surface area contributed by atoms with Gasteiger partial charge in [-0.3, -0.25) is 4.72 Å². The fourth-order valence-corrected chi connectivity index (χ4v) is 3.09. The summed E-state index contributed by atoms with van der Waals surface area (Å²) in [6.07, 6.45) is 2.17. The molecule has 6 nitrogen and oxygen atoms in total. The highest BCUT2D eigenvalue weighted by molar-refractivity contribution is 7.90. The quantitative estimate of drug-likeness (QED) is 0.696. The Hall–Kier alpha value is -1.02. The minimum Gasteiger partial charge on any atom is -0.489 e. The van der Waals surface area contributed by atoms with Crippen molar-refractivity contribution in [2.75, 3.05) is 38.6 Å². The molecule has 0 spiro atoms. The average molecular weight is 349 g/mol. The lowest BCUT2D eigenvalue weighted by Crippen LogP contribution is -2.34. The number of benzene rings is 1. The molecule has 0 bridgehead atoms. The van der Waals surface area contributed by atoms with E-state index in [0.29, 0.717) is 42.1 Å². The lowest BCUT2D eigenvalue weighted by atomic mass is 10.3. The van der Waals surface area contributed by atoms with E-state index >= 15 is 0 Å². The summed E-state index contributed by atoms with van der Waals surface area (Å²) in [5.41, 5.74) is 0.325. The maximum atomic E-state index is 12.3. The Labute approximate surface area is 136 Å². The van der Waals surface area contributed by atoms with Crippen LogP contribution in [-0.4, -0.2) is 46.6 Å². The van der Waals surface area contributed by atoms with Crippen LogP contribution in [0.25, 0.3) is 0 Å². The number of rotatable bonds is 9. The van der Waals surface area contributed by atoms with Crippen LogP contribution >= 0.6 is 11.6 Å². The summed E-state index contributed by atoms with van der Waals surface area (Å²) >= 11 is 5.95. The molecule has 0 aliphatic heterocycles. The van der Waals surface area contributed by atoms with Gasteiger partial charge in [0, 0.05) is 25.7 Å². The van der Waals surface area contributed by atoms with Gasteiger partial charge in [0.2, 0.25) is 0 Å². The zero-order valence-electron chi connectivity index (χ0n) is 12.7. The van der Waals surface area contributed by atoms with Crippen molar-refractivity contribution in [1.82, 2.24) is 4.31 Å². The fourth-order valence-electron chi connectivity index (χ4n) is 1.92. The molecule has 1 aromatic rings. The van der Waals surface area contributed by atoms with Crippen LogP contribution in [0.4, 0.5) is 5.69 Å². The van der Waals surface area contributed by atoms with E-state index in [4.69, 9.17) is 21.1 Å². The van der Waals surface area contributed by atoms with Gasteiger partial charge in [-0.05, 0) is 37.0 Å². The van der Waals surface area contributed by atoms with Crippen molar-refractivity contribution < 1.29 is 17.9 Å². The Morgan fingerprint density at radius 2 is 2.09 bits per heavy atom. The molecule has 2 rings (SSSR count). The number of nitrogens with one attached hydrogen (secondary N) is 1. The Bertz CT molecular complexity index is 605. The second kappa shape index (κ2) is 7.50. The zero-order chi connectivity index (χ0) is 16.2. The molecule has 0 heterocycles. The van der Waals surface area contributed by atoms with E-state index in [1.807, 2.05) is 0 Å². The maximum absolute atomic E-state index is 12.3. The molecule has 0 unspecified atom stereocenters. The van der Waals surface area contributed by atoms with Crippen molar-refractivity contribution in [2.45, 2.75) is 12.8 Å². The van der Waals surface area contributed by atoms with E-state index in [0.717, 1.165) is 12.8 Å². The number of hydrogen-bond acceptors (Lipinski definition) is 4. The number of ether oxygens (including phenoxy) is 2. The van der Waals surface area contributed by atoms with Crippen molar-refractivity contribution in [3.63, 3.8) is 0 Å². The molecule has 1 N–H and O–H groups in total. The van der Waals surface area contributed by atoms with E-state index < -0.39 is 10.2 Å². The molecule has 1 saturated carbocycles. The first-order chi connectivity index (χ1) is 10.4. The van der Waals surface area contributed by atoms with Gasteiger partial charge in [0.05, 0.1) is 12.3 Å². The lowest BCUT2D eigenvalue weighted by Gasteiger charge is -2.20. The fraction of sp³-hybridized carbons (Fsp3) is 0.571. The Kier molecular flexibility index (Phi) is 5.91. The van der Waals surface area contributed by atoms with Gasteiger partial charge in [-0.1, -0.05) is 11.6 Å². The summed E-state index contributed by atoms with van der Waals surface area (Å²) in [4.78, 5) is 0. The van der Waals surface area contributed by atoms with Crippen LogP contribution in [-0.2, 0) is 14.9 Å². The van der Waals surface area contributed by atoms with E-state index in [2.05, 4.69) is 4.72 Å².